The molecule has 1 amide bonds. The fraction of sp³-hybridized carbons (Fsp3) is 0.333. The predicted octanol–water partition coefficient (Wildman–Crippen LogP) is 2.31. The quantitative estimate of drug-likeness (QED) is 0.820. The predicted molar refractivity (Wildman–Crippen MR) is 105 cm³/mol. The van der Waals surface area contributed by atoms with Crippen molar-refractivity contribution in [3.63, 3.8) is 0 Å². The number of amides is 1. The highest BCUT2D eigenvalue weighted by molar-refractivity contribution is 5.96. The third-order valence-electron chi connectivity index (χ3n) is 4.84. The third-order valence-corrected chi connectivity index (χ3v) is 4.84. The van der Waals surface area contributed by atoms with Gasteiger partial charge in [-0.25, -0.2) is 4.79 Å². The summed E-state index contributed by atoms with van der Waals surface area (Å²) in [6.45, 7) is 5.22. The van der Waals surface area contributed by atoms with E-state index >= 15 is 0 Å². The van der Waals surface area contributed by atoms with Crippen molar-refractivity contribution in [1.82, 2.24) is 9.80 Å². The molecule has 0 aliphatic carbocycles. The zero-order valence-corrected chi connectivity index (χ0v) is 15.5. The van der Waals surface area contributed by atoms with Gasteiger partial charge in [-0.05, 0) is 36.4 Å². The van der Waals surface area contributed by atoms with Crippen molar-refractivity contribution in [3.05, 3.63) is 65.2 Å². The molecule has 0 unspecified atom stereocenters. The highest BCUT2D eigenvalue weighted by Gasteiger charge is 2.14. The van der Waals surface area contributed by atoms with Crippen molar-refractivity contribution in [3.8, 4) is 0 Å². The summed E-state index contributed by atoms with van der Waals surface area (Å²) in [5.41, 5.74) is 2.60. The fourth-order valence-corrected chi connectivity index (χ4v) is 3.22. The maximum Gasteiger partial charge on any atom is 0.335 e. The van der Waals surface area contributed by atoms with Crippen LogP contribution in [0.25, 0.3) is 0 Å². The van der Waals surface area contributed by atoms with Crippen molar-refractivity contribution in [2.24, 2.45) is 0 Å². The molecular formula is C21H25N3O3. The summed E-state index contributed by atoms with van der Waals surface area (Å²) >= 11 is 0. The normalized spacial score (nSPS) is 15.4. The van der Waals surface area contributed by atoms with E-state index in [9.17, 15) is 14.7 Å². The van der Waals surface area contributed by atoms with Crippen LogP contribution in [0.4, 0.5) is 5.69 Å². The first-order valence-corrected chi connectivity index (χ1v) is 9.12. The standard InChI is InChI=1S/C21H25N3O3/c1-23-10-12-24(13-11-23)15-16-6-8-18(9-7-16)22-20(25)14-17-4-2-3-5-19(17)21(26)27/h2-9H,10-15H2,1H3,(H,22,25)(H,26,27). The number of carbonyl (C=O) groups excluding carboxylic acids is 1. The van der Waals surface area contributed by atoms with Gasteiger partial charge < -0.3 is 15.3 Å². The molecule has 3 rings (SSSR count). The lowest BCUT2D eigenvalue weighted by Gasteiger charge is -2.32. The minimum absolute atomic E-state index is 0.0333. The highest BCUT2D eigenvalue weighted by Crippen LogP contribution is 2.15. The van der Waals surface area contributed by atoms with Crippen LogP contribution in [0.5, 0.6) is 0 Å². The fourth-order valence-electron chi connectivity index (χ4n) is 3.22. The van der Waals surface area contributed by atoms with Gasteiger partial charge in [-0.2, -0.15) is 0 Å². The van der Waals surface area contributed by atoms with E-state index in [2.05, 4.69) is 22.2 Å². The molecule has 2 aromatic rings. The average molecular weight is 367 g/mol. The van der Waals surface area contributed by atoms with Gasteiger partial charge >= 0.3 is 5.97 Å². The Kier molecular flexibility index (Phi) is 6.21. The van der Waals surface area contributed by atoms with Crippen LogP contribution < -0.4 is 5.32 Å². The Morgan fingerprint density at radius 1 is 1.00 bits per heavy atom. The van der Waals surface area contributed by atoms with Crippen LogP contribution in [0.1, 0.15) is 21.5 Å². The number of carboxylic acids is 1. The number of piperazine rings is 1. The molecular weight excluding hydrogens is 342 g/mol. The van der Waals surface area contributed by atoms with Gasteiger partial charge in [-0.1, -0.05) is 30.3 Å². The molecule has 1 fully saturated rings. The second kappa shape index (κ2) is 8.79. The molecule has 0 spiro atoms. The van der Waals surface area contributed by atoms with Gasteiger partial charge in [0.05, 0.1) is 12.0 Å². The van der Waals surface area contributed by atoms with E-state index in [4.69, 9.17) is 0 Å². The lowest BCUT2D eigenvalue weighted by Crippen LogP contribution is -2.43. The zero-order chi connectivity index (χ0) is 19.2. The van der Waals surface area contributed by atoms with Gasteiger partial charge in [0.2, 0.25) is 5.91 Å². The van der Waals surface area contributed by atoms with Gasteiger partial charge in [-0.3, -0.25) is 9.69 Å². The first kappa shape index (κ1) is 19.1. The Morgan fingerprint density at radius 3 is 2.33 bits per heavy atom. The largest absolute Gasteiger partial charge is 0.478 e. The maximum atomic E-state index is 12.3. The Balaban J connectivity index is 1.55. The van der Waals surface area contributed by atoms with Crippen molar-refractivity contribution < 1.29 is 14.7 Å². The minimum Gasteiger partial charge on any atom is -0.478 e. The molecule has 1 heterocycles. The molecule has 142 valence electrons. The average Bonchev–Trinajstić information content (AvgIpc) is 2.65. The van der Waals surface area contributed by atoms with Crippen LogP contribution in [-0.4, -0.2) is 60.0 Å². The summed E-state index contributed by atoms with van der Waals surface area (Å²) in [6, 6.07) is 14.4. The molecule has 0 bridgehead atoms. The Hall–Kier alpha value is -2.70. The van der Waals surface area contributed by atoms with Crippen LogP contribution >= 0.6 is 0 Å². The summed E-state index contributed by atoms with van der Waals surface area (Å²) in [7, 11) is 2.14. The van der Waals surface area contributed by atoms with Crippen LogP contribution in [-0.2, 0) is 17.8 Å². The van der Waals surface area contributed by atoms with E-state index in [1.165, 1.54) is 11.6 Å². The smallest absolute Gasteiger partial charge is 0.335 e. The molecule has 0 saturated carbocycles. The van der Waals surface area contributed by atoms with Gasteiger partial charge in [0.15, 0.2) is 0 Å². The number of aromatic carboxylic acids is 1. The SMILES string of the molecule is CN1CCN(Cc2ccc(NC(=O)Cc3ccccc3C(=O)O)cc2)CC1. The summed E-state index contributed by atoms with van der Waals surface area (Å²) in [4.78, 5) is 28.3. The molecule has 0 aromatic heterocycles. The topological polar surface area (TPSA) is 72.9 Å². The zero-order valence-electron chi connectivity index (χ0n) is 15.5. The minimum atomic E-state index is -1.02. The lowest BCUT2D eigenvalue weighted by molar-refractivity contribution is -0.115. The molecule has 6 nitrogen and oxygen atoms in total. The molecule has 0 atom stereocenters. The molecule has 1 aliphatic heterocycles. The maximum absolute atomic E-state index is 12.3. The summed E-state index contributed by atoms with van der Waals surface area (Å²) < 4.78 is 0. The van der Waals surface area contributed by atoms with E-state index in [-0.39, 0.29) is 17.9 Å². The van der Waals surface area contributed by atoms with E-state index in [0.29, 0.717) is 5.56 Å². The van der Waals surface area contributed by atoms with Crippen molar-refractivity contribution in [1.29, 1.82) is 0 Å². The third kappa shape index (κ3) is 5.39. The van der Waals surface area contributed by atoms with Gasteiger partial charge in [-0.15, -0.1) is 0 Å². The number of carbonyl (C=O) groups is 2. The summed E-state index contributed by atoms with van der Waals surface area (Å²) in [5.74, 6) is -1.25. The van der Waals surface area contributed by atoms with Gasteiger partial charge in [0, 0.05) is 38.4 Å². The number of likely N-dealkylation sites (N-methyl/N-ethyl adjacent to an activating group) is 1. The molecule has 27 heavy (non-hydrogen) atoms. The number of benzene rings is 2. The van der Waals surface area contributed by atoms with Crippen LogP contribution in [0, 0.1) is 0 Å². The Morgan fingerprint density at radius 2 is 1.67 bits per heavy atom. The van der Waals surface area contributed by atoms with Crippen molar-refractivity contribution >= 4 is 17.6 Å². The number of rotatable bonds is 6. The number of nitrogens with one attached hydrogen (secondary N) is 1. The molecule has 1 saturated heterocycles. The molecule has 1 aliphatic rings. The first-order chi connectivity index (χ1) is 13.0. The number of hydrogen-bond donors (Lipinski definition) is 2. The number of anilines is 1. The van der Waals surface area contributed by atoms with E-state index in [1.54, 1.807) is 18.2 Å². The molecule has 2 aromatic carbocycles. The Bertz CT molecular complexity index is 797. The Labute approximate surface area is 159 Å². The summed E-state index contributed by atoms with van der Waals surface area (Å²) in [5, 5.41) is 12.1. The van der Waals surface area contributed by atoms with Crippen molar-refractivity contribution in [2.75, 3.05) is 38.5 Å². The van der Waals surface area contributed by atoms with Crippen molar-refractivity contribution in [2.45, 2.75) is 13.0 Å². The summed E-state index contributed by atoms with van der Waals surface area (Å²) in [6.07, 6.45) is 0.0333. The van der Waals surface area contributed by atoms with Crippen LogP contribution in [0.2, 0.25) is 0 Å². The van der Waals surface area contributed by atoms with Crippen LogP contribution in [0.3, 0.4) is 0 Å². The molecule has 6 heteroatoms. The molecule has 0 radical (unpaired) electrons. The van der Waals surface area contributed by atoms with E-state index < -0.39 is 5.97 Å². The van der Waals surface area contributed by atoms with Gasteiger partial charge in [0.25, 0.3) is 0 Å². The van der Waals surface area contributed by atoms with Gasteiger partial charge in [0.1, 0.15) is 0 Å². The second-order valence-electron chi connectivity index (χ2n) is 6.96. The first-order valence-electron chi connectivity index (χ1n) is 9.12. The van der Waals surface area contributed by atoms with E-state index in [0.717, 1.165) is 38.4 Å². The number of hydrogen-bond acceptors (Lipinski definition) is 4. The molecule has 2 N–H and O–H groups in total. The highest BCUT2D eigenvalue weighted by atomic mass is 16.4. The number of nitrogens with zero attached hydrogens (tertiary/aromatic N) is 2. The van der Waals surface area contributed by atoms with Crippen LogP contribution in [0.15, 0.2) is 48.5 Å². The monoisotopic (exact) mass is 367 g/mol. The number of carboxylic acid groups (broad SMARTS) is 1. The lowest BCUT2D eigenvalue weighted by atomic mass is 10.0. The second-order valence-corrected chi connectivity index (χ2v) is 6.96. The van der Waals surface area contributed by atoms with E-state index in [1.807, 2.05) is 24.3 Å².